The lowest BCUT2D eigenvalue weighted by Crippen LogP contribution is -1.94. The van der Waals surface area contributed by atoms with Crippen LogP contribution in [0.4, 0.5) is 0 Å². The number of rotatable bonds is 3. The summed E-state index contributed by atoms with van der Waals surface area (Å²) < 4.78 is 4.80. The fraction of sp³-hybridized carbons (Fsp3) is 0.0455. The maximum atomic E-state index is 4.50. The van der Waals surface area contributed by atoms with Crippen LogP contribution >= 0.6 is 0 Å². The minimum Gasteiger partial charge on any atom is -0.333 e. The van der Waals surface area contributed by atoms with Gasteiger partial charge in [0.05, 0.1) is 22.1 Å². The van der Waals surface area contributed by atoms with Gasteiger partial charge in [-0.3, -0.25) is 0 Å². The molecular formula is C44H33N3. The molecule has 0 radical (unpaired) electrons. The van der Waals surface area contributed by atoms with Gasteiger partial charge in [-0.25, -0.2) is 0 Å². The number of hydrogen-bond acceptors (Lipinski definition) is 1. The van der Waals surface area contributed by atoms with Gasteiger partial charge >= 0.3 is 0 Å². The van der Waals surface area contributed by atoms with Crippen molar-refractivity contribution in [2.45, 2.75) is 6.42 Å². The molecule has 2 aromatic heterocycles. The van der Waals surface area contributed by atoms with Crippen molar-refractivity contribution in [1.29, 1.82) is 0 Å². The van der Waals surface area contributed by atoms with Crippen LogP contribution in [0.25, 0.3) is 77.2 Å². The highest BCUT2D eigenvalue weighted by Crippen LogP contribution is 2.42. The van der Waals surface area contributed by atoms with Gasteiger partial charge in [-0.2, -0.15) is 0 Å². The van der Waals surface area contributed by atoms with E-state index in [1.165, 1.54) is 95.4 Å². The second-order valence-electron chi connectivity index (χ2n) is 12.2. The van der Waals surface area contributed by atoms with Crippen LogP contribution in [0.5, 0.6) is 0 Å². The third-order valence-electron chi connectivity index (χ3n) is 9.73. The molecule has 224 valence electrons. The zero-order chi connectivity index (χ0) is 31.5. The number of para-hydroxylation sites is 4. The van der Waals surface area contributed by atoms with Gasteiger partial charge in [0.15, 0.2) is 0 Å². The van der Waals surface area contributed by atoms with E-state index in [1.54, 1.807) is 0 Å². The molecule has 0 fully saturated rings. The Labute approximate surface area is 273 Å². The minimum absolute atomic E-state index is 0.974. The average Bonchev–Trinajstić information content (AvgIpc) is 3.79. The SMILES string of the molecule is CN.c1ccc(-n2c3ccccc3c3cc(-c4ccc5c(c4)-c4cc(-n6c7ccccc7c7ccccc76)ccc4C5)ccc32)cc1. The van der Waals surface area contributed by atoms with Crippen LogP contribution in [0.15, 0.2) is 158 Å². The summed E-state index contributed by atoms with van der Waals surface area (Å²) in [4.78, 5) is 0. The first-order valence-electron chi connectivity index (χ1n) is 16.2. The molecule has 7 aromatic carbocycles. The van der Waals surface area contributed by atoms with Gasteiger partial charge in [0, 0.05) is 32.9 Å². The van der Waals surface area contributed by atoms with E-state index in [-0.39, 0.29) is 0 Å². The van der Waals surface area contributed by atoms with Gasteiger partial charge in [-0.05, 0) is 108 Å². The predicted molar refractivity (Wildman–Crippen MR) is 199 cm³/mol. The third-order valence-corrected chi connectivity index (χ3v) is 9.73. The first-order valence-corrected chi connectivity index (χ1v) is 16.2. The molecule has 0 unspecified atom stereocenters. The molecule has 3 heteroatoms. The largest absolute Gasteiger partial charge is 0.333 e. The van der Waals surface area contributed by atoms with Crippen molar-refractivity contribution >= 4 is 43.6 Å². The lowest BCUT2D eigenvalue weighted by Gasteiger charge is -2.11. The van der Waals surface area contributed by atoms with E-state index in [9.17, 15) is 0 Å². The Hall–Kier alpha value is -5.90. The van der Waals surface area contributed by atoms with Gasteiger partial charge in [-0.1, -0.05) is 97.1 Å². The number of fused-ring (bicyclic) bond motifs is 9. The van der Waals surface area contributed by atoms with Crippen molar-refractivity contribution in [3.05, 3.63) is 169 Å². The van der Waals surface area contributed by atoms with Crippen LogP contribution in [0.2, 0.25) is 0 Å². The molecule has 0 bridgehead atoms. The van der Waals surface area contributed by atoms with Crippen LogP contribution in [0.1, 0.15) is 11.1 Å². The van der Waals surface area contributed by atoms with Gasteiger partial charge in [0.1, 0.15) is 0 Å². The fourth-order valence-electron chi connectivity index (χ4n) is 7.68. The molecule has 1 aliphatic rings. The van der Waals surface area contributed by atoms with E-state index >= 15 is 0 Å². The summed E-state index contributed by atoms with van der Waals surface area (Å²) in [6.45, 7) is 0. The lowest BCUT2D eigenvalue weighted by atomic mass is 9.97. The van der Waals surface area contributed by atoms with Crippen LogP contribution in [-0.4, -0.2) is 16.2 Å². The van der Waals surface area contributed by atoms with E-state index in [2.05, 4.69) is 173 Å². The molecule has 10 rings (SSSR count). The first-order chi connectivity index (χ1) is 23.3. The Bertz CT molecular complexity index is 2570. The molecule has 0 saturated carbocycles. The van der Waals surface area contributed by atoms with E-state index in [0.29, 0.717) is 0 Å². The highest BCUT2D eigenvalue weighted by atomic mass is 15.0. The maximum Gasteiger partial charge on any atom is 0.0541 e. The van der Waals surface area contributed by atoms with E-state index in [1.807, 2.05) is 0 Å². The van der Waals surface area contributed by atoms with Crippen molar-refractivity contribution in [3.63, 3.8) is 0 Å². The number of benzene rings is 7. The Morgan fingerprint density at radius 2 is 0.851 bits per heavy atom. The van der Waals surface area contributed by atoms with Crippen molar-refractivity contribution in [2.75, 3.05) is 7.05 Å². The molecule has 0 amide bonds. The smallest absolute Gasteiger partial charge is 0.0541 e. The predicted octanol–water partition coefficient (Wildman–Crippen LogP) is 10.7. The fourth-order valence-corrected chi connectivity index (χ4v) is 7.68. The van der Waals surface area contributed by atoms with Crippen LogP contribution in [-0.2, 0) is 6.42 Å². The summed E-state index contributed by atoms with van der Waals surface area (Å²) >= 11 is 0. The summed E-state index contributed by atoms with van der Waals surface area (Å²) in [5.41, 5.74) is 19.8. The van der Waals surface area contributed by atoms with E-state index < -0.39 is 0 Å². The molecule has 9 aromatic rings. The van der Waals surface area contributed by atoms with E-state index in [0.717, 1.165) is 6.42 Å². The number of nitrogens with two attached hydrogens (primary N) is 1. The highest BCUT2D eigenvalue weighted by molar-refractivity contribution is 6.11. The molecular weight excluding hydrogens is 571 g/mol. The molecule has 2 N–H and O–H groups in total. The molecule has 0 saturated heterocycles. The summed E-state index contributed by atoms with van der Waals surface area (Å²) in [7, 11) is 1.50. The average molecular weight is 604 g/mol. The minimum atomic E-state index is 0.974. The number of nitrogens with zero attached hydrogens (tertiary/aromatic N) is 2. The second-order valence-corrected chi connectivity index (χ2v) is 12.2. The number of hydrogen-bond donors (Lipinski definition) is 1. The standard InChI is InChI=1S/C43H28N2.CH5N/c1-2-10-32(11-3-1)44-42-17-9-6-14-36(42)39-26-29(21-23-43(39)44)28-18-19-30-24-31-20-22-33(27-38(31)37(30)25-28)45-40-15-7-4-12-34(40)35-13-5-8-16-41(35)45;1-2/h1-23,25-27H,24H2;2H2,1H3. The van der Waals surface area contributed by atoms with Crippen molar-refractivity contribution in [1.82, 2.24) is 9.13 Å². The quantitative estimate of drug-likeness (QED) is 0.214. The van der Waals surface area contributed by atoms with Crippen LogP contribution in [0, 0.1) is 0 Å². The Morgan fingerprint density at radius 3 is 1.51 bits per heavy atom. The first kappa shape index (κ1) is 27.4. The molecule has 0 atom stereocenters. The monoisotopic (exact) mass is 603 g/mol. The Balaban J connectivity index is 0.00000149. The van der Waals surface area contributed by atoms with Crippen LogP contribution in [0.3, 0.4) is 0 Å². The molecule has 1 aliphatic carbocycles. The maximum absolute atomic E-state index is 4.50. The summed E-state index contributed by atoms with van der Waals surface area (Å²) in [6.07, 6.45) is 0.974. The van der Waals surface area contributed by atoms with Crippen molar-refractivity contribution in [2.24, 2.45) is 5.73 Å². The highest BCUT2D eigenvalue weighted by Gasteiger charge is 2.21. The van der Waals surface area contributed by atoms with Gasteiger partial charge < -0.3 is 14.9 Å². The van der Waals surface area contributed by atoms with Crippen molar-refractivity contribution < 1.29 is 0 Å². The van der Waals surface area contributed by atoms with Crippen molar-refractivity contribution in [3.8, 4) is 33.6 Å². The second kappa shape index (κ2) is 10.9. The topological polar surface area (TPSA) is 35.9 Å². The molecule has 0 spiro atoms. The van der Waals surface area contributed by atoms with Gasteiger partial charge in [0.2, 0.25) is 0 Å². The zero-order valence-corrected chi connectivity index (χ0v) is 26.2. The van der Waals surface area contributed by atoms with Gasteiger partial charge in [0.25, 0.3) is 0 Å². The normalized spacial score (nSPS) is 12.0. The summed E-state index contributed by atoms with van der Waals surface area (Å²) in [5, 5.41) is 5.14. The molecule has 0 aliphatic heterocycles. The summed E-state index contributed by atoms with van der Waals surface area (Å²) in [6, 6.07) is 57.9. The van der Waals surface area contributed by atoms with E-state index in [4.69, 9.17) is 0 Å². The molecule has 47 heavy (non-hydrogen) atoms. The summed E-state index contributed by atoms with van der Waals surface area (Å²) in [5.74, 6) is 0. The van der Waals surface area contributed by atoms with Crippen LogP contribution < -0.4 is 5.73 Å². The zero-order valence-electron chi connectivity index (χ0n) is 26.2. The molecule has 2 heterocycles. The third kappa shape index (κ3) is 4.17. The lowest BCUT2D eigenvalue weighted by molar-refractivity contribution is 1.17. The van der Waals surface area contributed by atoms with Gasteiger partial charge in [-0.15, -0.1) is 0 Å². The number of aromatic nitrogens is 2. The Morgan fingerprint density at radius 1 is 0.383 bits per heavy atom. The Kier molecular flexibility index (Phi) is 6.34. The molecule has 3 nitrogen and oxygen atoms in total.